The summed E-state index contributed by atoms with van der Waals surface area (Å²) >= 11 is 5.99. The number of halogens is 2. The first-order valence-electron chi connectivity index (χ1n) is 7.14. The van der Waals surface area contributed by atoms with Gasteiger partial charge in [-0.1, -0.05) is 29.8 Å². The van der Waals surface area contributed by atoms with Gasteiger partial charge in [0, 0.05) is 19.6 Å². The van der Waals surface area contributed by atoms with Gasteiger partial charge in [-0.05, 0) is 34.9 Å². The second-order valence-corrected chi connectivity index (χ2v) is 7.50. The topological polar surface area (TPSA) is 67.4 Å². The third kappa shape index (κ3) is 4.02. The van der Waals surface area contributed by atoms with Gasteiger partial charge >= 0.3 is 0 Å². The monoisotopic (exact) mass is 388 g/mol. The lowest BCUT2D eigenvalue weighted by Crippen LogP contribution is -2.23. The minimum Gasteiger partial charge on any atom is -0.495 e. The highest BCUT2D eigenvalue weighted by molar-refractivity contribution is 7.89. The molecule has 0 fully saturated rings. The molecule has 8 heteroatoms. The van der Waals surface area contributed by atoms with Gasteiger partial charge in [0.25, 0.3) is 0 Å². The standard InChI is InChI=1S/C16H17ClN2O3S.ClH/c1-22-16-5-4-14(7-15(16)17)23(20,21)19-8-11-2-3-12-9-18-10-13(12)6-11;/h2-7,18-19H,8-10H2,1H3;1H. The van der Waals surface area contributed by atoms with E-state index in [4.69, 9.17) is 16.3 Å². The molecular formula is C16H18Cl2N2O3S. The Labute approximate surface area is 152 Å². The van der Waals surface area contributed by atoms with Crippen molar-refractivity contribution < 1.29 is 13.2 Å². The zero-order valence-electron chi connectivity index (χ0n) is 13.0. The number of hydrogen-bond acceptors (Lipinski definition) is 4. The van der Waals surface area contributed by atoms with Crippen molar-refractivity contribution in [3.05, 3.63) is 58.1 Å². The summed E-state index contributed by atoms with van der Waals surface area (Å²) in [6, 6.07) is 10.4. The molecule has 5 nitrogen and oxygen atoms in total. The van der Waals surface area contributed by atoms with Crippen LogP contribution in [-0.4, -0.2) is 15.5 Å². The first-order valence-corrected chi connectivity index (χ1v) is 9.00. The van der Waals surface area contributed by atoms with Crippen molar-refractivity contribution in [2.24, 2.45) is 0 Å². The number of ether oxygens (including phenoxy) is 1. The summed E-state index contributed by atoms with van der Waals surface area (Å²) in [5.74, 6) is 0.441. The summed E-state index contributed by atoms with van der Waals surface area (Å²) < 4.78 is 32.4. The van der Waals surface area contributed by atoms with Crippen LogP contribution in [0.1, 0.15) is 16.7 Å². The van der Waals surface area contributed by atoms with Gasteiger partial charge in [-0.3, -0.25) is 0 Å². The van der Waals surface area contributed by atoms with Crippen molar-refractivity contribution in [1.82, 2.24) is 10.0 Å². The first-order chi connectivity index (χ1) is 11.0. The predicted octanol–water partition coefficient (Wildman–Crippen LogP) is 2.85. The van der Waals surface area contributed by atoms with Crippen molar-refractivity contribution in [2.75, 3.05) is 7.11 Å². The highest BCUT2D eigenvalue weighted by atomic mass is 35.5. The maximum absolute atomic E-state index is 12.4. The molecule has 0 saturated carbocycles. The van der Waals surface area contributed by atoms with Crippen molar-refractivity contribution in [1.29, 1.82) is 0 Å². The van der Waals surface area contributed by atoms with Crippen LogP contribution in [0, 0.1) is 0 Å². The summed E-state index contributed by atoms with van der Waals surface area (Å²) in [7, 11) is -2.14. The van der Waals surface area contributed by atoms with Crippen molar-refractivity contribution in [2.45, 2.75) is 24.5 Å². The van der Waals surface area contributed by atoms with Crippen LogP contribution in [0.3, 0.4) is 0 Å². The van der Waals surface area contributed by atoms with Gasteiger partial charge in [0.1, 0.15) is 5.75 Å². The number of methoxy groups -OCH3 is 1. The van der Waals surface area contributed by atoms with Crippen LogP contribution in [0.25, 0.3) is 0 Å². The SMILES string of the molecule is COc1ccc(S(=O)(=O)NCc2ccc3c(c2)CNC3)cc1Cl.Cl. The molecule has 0 bridgehead atoms. The van der Waals surface area contributed by atoms with E-state index >= 15 is 0 Å². The number of sulfonamides is 1. The summed E-state index contributed by atoms with van der Waals surface area (Å²) in [6.07, 6.45) is 0. The normalized spacial score (nSPS) is 13.2. The highest BCUT2D eigenvalue weighted by Gasteiger charge is 2.16. The lowest BCUT2D eigenvalue weighted by molar-refractivity contribution is 0.414. The fourth-order valence-electron chi connectivity index (χ4n) is 2.53. The van der Waals surface area contributed by atoms with Crippen LogP contribution in [-0.2, 0) is 29.7 Å². The van der Waals surface area contributed by atoms with E-state index in [-0.39, 0.29) is 28.9 Å². The number of hydrogen-bond donors (Lipinski definition) is 2. The van der Waals surface area contributed by atoms with E-state index in [1.807, 2.05) is 18.2 Å². The van der Waals surface area contributed by atoms with E-state index in [1.165, 1.54) is 36.4 Å². The van der Waals surface area contributed by atoms with E-state index < -0.39 is 10.0 Å². The summed E-state index contributed by atoms with van der Waals surface area (Å²) in [5.41, 5.74) is 3.41. The molecule has 3 rings (SSSR count). The Balaban J connectivity index is 0.00000208. The first kappa shape index (κ1) is 19.0. The van der Waals surface area contributed by atoms with Crippen LogP contribution < -0.4 is 14.8 Å². The zero-order chi connectivity index (χ0) is 16.4. The molecular weight excluding hydrogens is 371 g/mol. The zero-order valence-corrected chi connectivity index (χ0v) is 15.4. The smallest absolute Gasteiger partial charge is 0.240 e. The Hall–Kier alpha value is -1.31. The molecule has 2 N–H and O–H groups in total. The quantitative estimate of drug-likeness (QED) is 0.826. The highest BCUT2D eigenvalue weighted by Crippen LogP contribution is 2.27. The minimum absolute atomic E-state index is 0. The second-order valence-electron chi connectivity index (χ2n) is 5.33. The van der Waals surface area contributed by atoms with E-state index in [2.05, 4.69) is 10.0 Å². The van der Waals surface area contributed by atoms with Gasteiger partial charge in [0.2, 0.25) is 10.0 Å². The van der Waals surface area contributed by atoms with Crippen molar-refractivity contribution >= 4 is 34.0 Å². The molecule has 0 spiro atoms. The predicted molar refractivity (Wildman–Crippen MR) is 96.3 cm³/mol. The van der Waals surface area contributed by atoms with Crippen molar-refractivity contribution in [3.8, 4) is 5.75 Å². The van der Waals surface area contributed by atoms with Crippen LogP contribution >= 0.6 is 24.0 Å². The Morgan fingerprint density at radius 1 is 1.17 bits per heavy atom. The third-order valence-corrected chi connectivity index (χ3v) is 5.50. The maximum Gasteiger partial charge on any atom is 0.240 e. The molecule has 24 heavy (non-hydrogen) atoms. The lowest BCUT2D eigenvalue weighted by atomic mass is 10.1. The molecule has 1 aliphatic rings. The number of nitrogens with one attached hydrogen (secondary N) is 2. The largest absolute Gasteiger partial charge is 0.495 e. The van der Waals surface area contributed by atoms with Crippen LogP contribution in [0.15, 0.2) is 41.3 Å². The maximum atomic E-state index is 12.4. The Morgan fingerprint density at radius 2 is 1.92 bits per heavy atom. The van der Waals surface area contributed by atoms with Crippen LogP contribution in [0.2, 0.25) is 5.02 Å². The molecule has 0 saturated heterocycles. The van der Waals surface area contributed by atoms with E-state index in [9.17, 15) is 8.42 Å². The van der Waals surface area contributed by atoms with Gasteiger partial charge in [-0.25, -0.2) is 13.1 Å². The molecule has 0 unspecified atom stereocenters. The van der Waals surface area contributed by atoms with Crippen LogP contribution in [0.5, 0.6) is 5.75 Å². The number of benzene rings is 2. The molecule has 0 radical (unpaired) electrons. The van der Waals surface area contributed by atoms with E-state index in [0.717, 1.165) is 18.7 Å². The van der Waals surface area contributed by atoms with Crippen molar-refractivity contribution in [3.63, 3.8) is 0 Å². The molecule has 0 aliphatic carbocycles. The molecule has 0 aromatic heterocycles. The number of rotatable bonds is 5. The van der Waals surface area contributed by atoms with Gasteiger partial charge in [0.15, 0.2) is 0 Å². The molecule has 1 heterocycles. The third-order valence-electron chi connectivity index (χ3n) is 3.80. The summed E-state index contributed by atoms with van der Waals surface area (Å²) in [5, 5.41) is 3.53. The Bertz CT molecular complexity index is 841. The van der Waals surface area contributed by atoms with Gasteiger partial charge in [-0.2, -0.15) is 0 Å². The fraction of sp³-hybridized carbons (Fsp3) is 0.250. The van der Waals surface area contributed by atoms with Gasteiger partial charge in [0.05, 0.1) is 17.0 Å². The average Bonchev–Trinajstić information content (AvgIpc) is 3.00. The average molecular weight is 389 g/mol. The lowest BCUT2D eigenvalue weighted by Gasteiger charge is -2.10. The number of fused-ring (bicyclic) bond motifs is 1. The summed E-state index contributed by atoms with van der Waals surface area (Å²) in [6.45, 7) is 1.93. The summed E-state index contributed by atoms with van der Waals surface area (Å²) in [4.78, 5) is 0.117. The molecule has 2 aromatic rings. The Kier molecular flexibility index (Phi) is 6.11. The minimum atomic E-state index is -3.63. The molecule has 0 atom stereocenters. The van der Waals surface area contributed by atoms with E-state index in [0.29, 0.717) is 5.75 Å². The molecule has 0 amide bonds. The molecule has 1 aliphatic heterocycles. The van der Waals surface area contributed by atoms with E-state index in [1.54, 1.807) is 0 Å². The van der Waals surface area contributed by atoms with Crippen LogP contribution in [0.4, 0.5) is 0 Å². The fourth-order valence-corrected chi connectivity index (χ4v) is 3.90. The second kappa shape index (κ2) is 7.72. The molecule has 2 aromatic carbocycles. The molecule has 130 valence electrons. The Morgan fingerprint density at radius 3 is 2.62 bits per heavy atom. The van der Waals surface area contributed by atoms with Gasteiger partial charge < -0.3 is 10.1 Å². The van der Waals surface area contributed by atoms with Gasteiger partial charge in [-0.15, -0.1) is 12.4 Å².